The number of nitrogens with zero attached hydrogens (tertiary/aromatic N) is 3. The zero-order valence-electron chi connectivity index (χ0n) is 21.4. The number of hydrogen-bond donors (Lipinski definition) is 1. The fourth-order valence-electron chi connectivity index (χ4n) is 4.10. The molecule has 0 aliphatic carbocycles. The van der Waals surface area contributed by atoms with E-state index in [4.69, 9.17) is 14.2 Å². The van der Waals surface area contributed by atoms with E-state index >= 15 is 0 Å². The highest BCUT2D eigenvalue weighted by Gasteiger charge is 2.31. The Labute approximate surface area is 211 Å². The van der Waals surface area contributed by atoms with Crippen molar-refractivity contribution in [2.24, 2.45) is 5.92 Å². The summed E-state index contributed by atoms with van der Waals surface area (Å²) < 4.78 is 16.7. The largest absolute Gasteiger partial charge is 0.491 e. The molecule has 3 rings (SSSR count). The summed E-state index contributed by atoms with van der Waals surface area (Å²) in [6.07, 6.45) is 1.27. The van der Waals surface area contributed by atoms with Gasteiger partial charge in [0.25, 0.3) is 11.8 Å². The number of carbonyl (C=O) groups excluding carboxylic acids is 3. The first-order chi connectivity index (χ1) is 17.2. The van der Waals surface area contributed by atoms with Crippen molar-refractivity contribution < 1.29 is 28.6 Å². The van der Waals surface area contributed by atoms with E-state index < -0.39 is 0 Å². The SMILES string of the molecule is COCC(=O)Nc1ccc2c(c1)C(=O)N(C)C[C@@H](OC)[C@@H](C)CN(C(=O)c1ccccn1)[C@H](C)CO2. The molecule has 0 bridgehead atoms. The predicted octanol–water partition coefficient (Wildman–Crippen LogP) is 2.31. The molecule has 0 saturated carbocycles. The van der Waals surface area contributed by atoms with E-state index in [0.29, 0.717) is 35.8 Å². The van der Waals surface area contributed by atoms with Gasteiger partial charge in [-0.05, 0) is 37.3 Å². The van der Waals surface area contributed by atoms with Crippen LogP contribution < -0.4 is 10.1 Å². The van der Waals surface area contributed by atoms with Crippen LogP contribution in [0.5, 0.6) is 5.75 Å². The normalized spacial score (nSPS) is 21.0. The molecule has 194 valence electrons. The van der Waals surface area contributed by atoms with Crippen LogP contribution in [0.4, 0.5) is 5.69 Å². The van der Waals surface area contributed by atoms with Gasteiger partial charge in [-0.3, -0.25) is 19.4 Å². The lowest BCUT2D eigenvalue weighted by Gasteiger charge is -2.36. The number of anilines is 1. The standard InChI is InChI=1S/C26H34N4O6/c1-17-13-30(26(33)21-8-6-7-11-27-21)18(2)15-36-22-10-9-19(28-24(31)16-34-4)12-20(22)25(32)29(3)14-23(17)35-5/h6-12,17-18,23H,13-16H2,1-5H3,(H,28,31)/t17-,18+,23+/m0/s1. The maximum absolute atomic E-state index is 13.4. The molecule has 1 aliphatic rings. The third kappa shape index (κ3) is 6.58. The van der Waals surface area contributed by atoms with E-state index in [0.717, 1.165) is 0 Å². The van der Waals surface area contributed by atoms with E-state index in [9.17, 15) is 14.4 Å². The summed E-state index contributed by atoms with van der Waals surface area (Å²) in [5.41, 5.74) is 1.09. The summed E-state index contributed by atoms with van der Waals surface area (Å²) in [5.74, 6) is -0.531. The molecule has 3 amide bonds. The molecule has 1 N–H and O–H groups in total. The van der Waals surface area contributed by atoms with Crippen molar-refractivity contribution in [3.05, 3.63) is 53.9 Å². The maximum Gasteiger partial charge on any atom is 0.272 e. The average molecular weight is 499 g/mol. The lowest BCUT2D eigenvalue weighted by molar-refractivity contribution is -0.119. The molecule has 0 unspecified atom stereocenters. The van der Waals surface area contributed by atoms with Crippen LogP contribution in [0.2, 0.25) is 0 Å². The topological polar surface area (TPSA) is 110 Å². The van der Waals surface area contributed by atoms with Gasteiger partial charge < -0.3 is 29.3 Å². The van der Waals surface area contributed by atoms with Gasteiger partial charge in [-0.15, -0.1) is 0 Å². The highest BCUT2D eigenvalue weighted by Crippen LogP contribution is 2.26. The van der Waals surface area contributed by atoms with E-state index in [-0.39, 0.29) is 49.0 Å². The van der Waals surface area contributed by atoms with Gasteiger partial charge in [-0.2, -0.15) is 0 Å². The van der Waals surface area contributed by atoms with Crippen molar-refractivity contribution in [2.45, 2.75) is 26.0 Å². The fourth-order valence-corrected chi connectivity index (χ4v) is 4.10. The number of carbonyl (C=O) groups is 3. The molecule has 1 aromatic heterocycles. The van der Waals surface area contributed by atoms with Crippen LogP contribution in [-0.4, -0.2) is 92.2 Å². The minimum Gasteiger partial charge on any atom is -0.491 e. The number of pyridine rings is 1. The number of aromatic nitrogens is 1. The number of hydrogen-bond acceptors (Lipinski definition) is 7. The summed E-state index contributed by atoms with van der Waals surface area (Å²) in [4.78, 5) is 46.3. The van der Waals surface area contributed by atoms with Crippen molar-refractivity contribution in [1.29, 1.82) is 0 Å². The number of fused-ring (bicyclic) bond motifs is 1. The van der Waals surface area contributed by atoms with Crippen molar-refractivity contribution in [3.63, 3.8) is 0 Å². The second kappa shape index (κ2) is 12.5. The highest BCUT2D eigenvalue weighted by atomic mass is 16.5. The summed E-state index contributed by atoms with van der Waals surface area (Å²) in [6, 6.07) is 9.79. The van der Waals surface area contributed by atoms with Gasteiger partial charge >= 0.3 is 0 Å². The Bertz CT molecular complexity index is 1060. The Morgan fingerprint density at radius 1 is 1.17 bits per heavy atom. The summed E-state index contributed by atoms with van der Waals surface area (Å²) >= 11 is 0. The van der Waals surface area contributed by atoms with Gasteiger partial charge in [-0.1, -0.05) is 13.0 Å². The van der Waals surface area contributed by atoms with E-state index in [1.807, 2.05) is 13.8 Å². The molecule has 1 aromatic carbocycles. The number of benzene rings is 1. The van der Waals surface area contributed by atoms with Crippen LogP contribution in [0.1, 0.15) is 34.7 Å². The molecule has 3 atom stereocenters. The second-order valence-electron chi connectivity index (χ2n) is 8.96. The predicted molar refractivity (Wildman–Crippen MR) is 134 cm³/mol. The Hall–Kier alpha value is -3.50. The molecule has 0 saturated heterocycles. The smallest absolute Gasteiger partial charge is 0.272 e. The molecular weight excluding hydrogens is 464 g/mol. The van der Waals surface area contributed by atoms with E-state index in [1.165, 1.54) is 7.11 Å². The monoisotopic (exact) mass is 498 g/mol. The molecule has 2 aromatic rings. The number of rotatable bonds is 5. The Balaban J connectivity index is 1.96. The number of methoxy groups -OCH3 is 2. The number of likely N-dealkylation sites (N-methyl/N-ethyl adjacent to an activating group) is 1. The molecule has 0 fully saturated rings. The Morgan fingerprint density at radius 3 is 2.61 bits per heavy atom. The van der Waals surface area contributed by atoms with Crippen molar-refractivity contribution in [1.82, 2.24) is 14.8 Å². The van der Waals surface area contributed by atoms with Gasteiger partial charge in [0, 0.05) is 52.2 Å². The van der Waals surface area contributed by atoms with E-state index in [1.54, 1.807) is 66.6 Å². The zero-order chi connectivity index (χ0) is 26.2. The van der Waals surface area contributed by atoms with Gasteiger partial charge in [0.05, 0.1) is 17.7 Å². The van der Waals surface area contributed by atoms with Crippen LogP contribution in [0.25, 0.3) is 0 Å². The minimum atomic E-state index is -0.335. The van der Waals surface area contributed by atoms with Crippen LogP contribution in [-0.2, 0) is 14.3 Å². The van der Waals surface area contributed by atoms with Crippen LogP contribution in [0.3, 0.4) is 0 Å². The van der Waals surface area contributed by atoms with E-state index in [2.05, 4.69) is 10.3 Å². The van der Waals surface area contributed by atoms with Crippen molar-refractivity contribution in [2.75, 3.05) is 52.9 Å². The molecule has 10 heteroatoms. The first-order valence-corrected chi connectivity index (χ1v) is 11.8. The maximum atomic E-state index is 13.4. The third-order valence-electron chi connectivity index (χ3n) is 6.15. The lowest BCUT2D eigenvalue weighted by Crippen LogP contribution is -2.48. The Kier molecular flexibility index (Phi) is 9.38. The number of nitrogens with one attached hydrogen (secondary N) is 1. The first-order valence-electron chi connectivity index (χ1n) is 11.8. The van der Waals surface area contributed by atoms with Crippen LogP contribution >= 0.6 is 0 Å². The highest BCUT2D eigenvalue weighted by molar-refractivity contribution is 5.99. The van der Waals surface area contributed by atoms with Gasteiger partial charge in [-0.25, -0.2) is 0 Å². The molecular formula is C26H34N4O6. The molecule has 1 aliphatic heterocycles. The average Bonchev–Trinajstić information content (AvgIpc) is 2.88. The first kappa shape index (κ1) is 27.1. The van der Waals surface area contributed by atoms with Crippen LogP contribution in [0, 0.1) is 5.92 Å². The quantitative estimate of drug-likeness (QED) is 0.674. The van der Waals surface area contributed by atoms with Gasteiger partial charge in [0.1, 0.15) is 24.7 Å². The summed E-state index contributed by atoms with van der Waals surface area (Å²) in [5, 5.41) is 2.72. The molecule has 0 radical (unpaired) electrons. The molecule has 36 heavy (non-hydrogen) atoms. The number of amides is 3. The molecule has 2 heterocycles. The zero-order valence-corrected chi connectivity index (χ0v) is 21.4. The Morgan fingerprint density at radius 2 is 1.94 bits per heavy atom. The minimum absolute atomic E-state index is 0.0843. The van der Waals surface area contributed by atoms with Crippen LogP contribution in [0.15, 0.2) is 42.6 Å². The summed E-state index contributed by atoms with van der Waals surface area (Å²) in [7, 11) is 4.72. The summed E-state index contributed by atoms with van der Waals surface area (Å²) in [6.45, 7) is 4.64. The lowest BCUT2D eigenvalue weighted by atomic mass is 10.0. The fraction of sp³-hybridized carbons (Fsp3) is 0.462. The van der Waals surface area contributed by atoms with Gasteiger partial charge in [0.2, 0.25) is 5.91 Å². The second-order valence-corrected chi connectivity index (χ2v) is 8.96. The van der Waals surface area contributed by atoms with Crippen molar-refractivity contribution in [3.8, 4) is 5.75 Å². The van der Waals surface area contributed by atoms with Crippen molar-refractivity contribution >= 4 is 23.4 Å². The molecule has 0 spiro atoms. The molecule has 10 nitrogen and oxygen atoms in total. The third-order valence-corrected chi connectivity index (χ3v) is 6.15. The van der Waals surface area contributed by atoms with Gasteiger partial charge in [0.15, 0.2) is 0 Å². The number of ether oxygens (including phenoxy) is 3.